The average Bonchev–Trinajstić information content (AvgIpc) is 3.31. The molecule has 1 aliphatic heterocycles. The van der Waals surface area contributed by atoms with Gasteiger partial charge in [0, 0.05) is 25.7 Å². The van der Waals surface area contributed by atoms with Gasteiger partial charge in [-0.15, -0.1) is 0 Å². The maximum atomic E-state index is 11.1. The zero-order valence-electron chi connectivity index (χ0n) is 16.2. The lowest BCUT2D eigenvalue weighted by atomic mass is 10.2. The van der Waals surface area contributed by atoms with Crippen LogP contribution in [0.1, 0.15) is 38.3 Å². The molecule has 4 rings (SSSR count). The van der Waals surface area contributed by atoms with Crippen molar-refractivity contribution in [2.45, 2.75) is 38.0 Å². The van der Waals surface area contributed by atoms with E-state index in [2.05, 4.69) is 29.7 Å². The number of fused-ring (bicyclic) bond motifs is 1. The van der Waals surface area contributed by atoms with Crippen LogP contribution in [-0.4, -0.2) is 54.5 Å². The van der Waals surface area contributed by atoms with Gasteiger partial charge in [-0.2, -0.15) is 14.6 Å². The maximum absolute atomic E-state index is 11.1. The highest BCUT2D eigenvalue weighted by Crippen LogP contribution is 2.34. The first-order chi connectivity index (χ1) is 13.6. The molecule has 4 heterocycles. The number of hydrogen-bond acceptors (Lipinski definition) is 9. The molecule has 0 bridgehead atoms. The van der Waals surface area contributed by atoms with E-state index in [0.717, 1.165) is 22.1 Å². The van der Waals surface area contributed by atoms with Crippen LogP contribution in [0, 0.1) is 6.92 Å². The zero-order chi connectivity index (χ0) is 20.1. The Morgan fingerprint density at radius 2 is 2.21 bits per heavy atom. The van der Waals surface area contributed by atoms with Gasteiger partial charge in [-0.1, -0.05) is 25.2 Å². The van der Waals surface area contributed by atoms with Gasteiger partial charge in [0.05, 0.1) is 22.7 Å². The number of morpholine rings is 1. The first-order valence-corrected chi connectivity index (χ1v) is 10.6. The van der Waals surface area contributed by atoms with Crippen molar-refractivity contribution < 1.29 is 9.53 Å². The summed E-state index contributed by atoms with van der Waals surface area (Å²) in [5.74, 6) is 0.461. The van der Waals surface area contributed by atoms with E-state index in [1.165, 1.54) is 24.6 Å². The summed E-state index contributed by atoms with van der Waals surface area (Å²) < 4.78 is 11.0. The molecule has 3 aromatic heterocycles. The van der Waals surface area contributed by atoms with Gasteiger partial charge >= 0.3 is 0 Å². The summed E-state index contributed by atoms with van der Waals surface area (Å²) in [6.07, 6.45) is 3.16. The highest BCUT2D eigenvalue weighted by molar-refractivity contribution is 7.99. The lowest BCUT2D eigenvalue weighted by Gasteiger charge is -2.31. The molecule has 3 aromatic rings. The molecular formula is C17H23N7O2S2. The minimum absolute atomic E-state index is 0.118. The molecule has 0 spiro atoms. The molecule has 11 heteroatoms. The van der Waals surface area contributed by atoms with Crippen molar-refractivity contribution in [1.29, 1.82) is 0 Å². The Morgan fingerprint density at radius 3 is 3.00 bits per heavy atom. The van der Waals surface area contributed by atoms with Crippen LogP contribution in [0.25, 0.3) is 5.78 Å². The van der Waals surface area contributed by atoms with Crippen molar-refractivity contribution in [3.63, 3.8) is 0 Å². The number of aromatic nitrogens is 5. The summed E-state index contributed by atoms with van der Waals surface area (Å²) >= 11 is 3.08. The third kappa shape index (κ3) is 4.85. The van der Waals surface area contributed by atoms with Gasteiger partial charge < -0.3 is 10.1 Å². The second kappa shape index (κ2) is 9.41. The van der Waals surface area contributed by atoms with Gasteiger partial charge in [-0.3, -0.25) is 4.79 Å². The van der Waals surface area contributed by atoms with Gasteiger partial charge in [0.2, 0.25) is 5.91 Å². The number of nitrogens with one attached hydrogen (secondary N) is 1. The molecule has 1 saturated heterocycles. The predicted molar refractivity (Wildman–Crippen MR) is 109 cm³/mol. The fourth-order valence-corrected chi connectivity index (χ4v) is 4.74. The number of thiazole rings is 1. The van der Waals surface area contributed by atoms with Crippen molar-refractivity contribution in [3.05, 3.63) is 30.0 Å². The summed E-state index contributed by atoms with van der Waals surface area (Å²) in [5, 5.41) is 7.58. The van der Waals surface area contributed by atoms with Crippen molar-refractivity contribution in [2.75, 3.05) is 25.0 Å². The van der Waals surface area contributed by atoms with Crippen LogP contribution in [0.3, 0.4) is 0 Å². The monoisotopic (exact) mass is 421 g/mol. The third-order valence-electron chi connectivity index (χ3n) is 3.75. The standard InChI is InChI=1S/C15H17N7O2S2.C2H6/c1-9-5-11(22-14(19-9)17-8-18-22)12-7-21(3-4-24-12)26-13-6-16-15(25-13)20-10(2)23;1-2/h5-6,8,12H,3-4,7H2,1-2H3,(H,16,20,23);1-2H3/t12-;/m1./s1. The molecule has 0 saturated carbocycles. The normalized spacial score (nSPS) is 17.2. The molecule has 1 N–H and O–H groups in total. The Hall–Kier alpha value is -2.08. The number of aryl methyl sites for hydroxylation is 1. The first-order valence-electron chi connectivity index (χ1n) is 9.04. The van der Waals surface area contributed by atoms with E-state index in [9.17, 15) is 4.79 Å². The lowest BCUT2D eigenvalue weighted by Crippen LogP contribution is -2.34. The Bertz CT molecular complexity index is 943. The van der Waals surface area contributed by atoms with Crippen molar-refractivity contribution in [3.8, 4) is 0 Å². The van der Waals surface area contributed by atoms with E-state index in [-0.39, 0.29) is 12.0 Å². The molecule has 0 aromatic carbocycles. The number of anilines is 1. The van der Waals surface area contributed by atoms with Gasteiger partial charge in [-0.25, -0.2) is 14.3 Å². The molecule has 150 valence electrons. The lowest BCUT2D eigenvalue weighted by molar-refractivity contribution is -0.114. The highest BCUT2D eigenvalue weighted by atomic mass is 32.2. The smallest absolute Gasteiger partial charge is 0.252 e. The fourth-order valence-electron chi connectivity index (χ4n) is 2.71. The highest BCUT2D eigenvalue weighted by Gasteiger charge is 2.26. The molecule has 0 radical (unpaired) electrons. The van der Waals surface area contributed by atoms with E-state index in [0.29, 0.717) is 24.1 Å². The zero-order valence-corrected chi connectivity index (χ0v) is 17.9. The number of ether oxygens (including phenoxy) is 1. The molecule has 1 amide bonds. The van der Waals surface area contributed by atoms with Gasteiger partial charge in [0.15, 0.2) is 5.13 Å². The Morgan fingerprint density at radius 1 is 1.39 bits per heavy atom. The SMILES string of the molecule is CC.CC(=O)Nc1ncc(SN2CCO[C@@H](c3cc(C)nc4ncnn34)C2)s1. The first kappa shape index (κ1) is 20.6. The summed E-state index contributed by atoms with van der Waals surface area (Å²) in [4.78, 5) is 23.9. The second-order valence-corrected chi connectivity index (χ2v) is 8.23. The summed E-state index contributed by atoms with van der Waals surface area (Å²) in [6, 6.07) is 1.99. The third-order valence-corrected chi connectivity index (χ3v) is 5.81. The fraction of sp³-hybridized carbons (Fsp3) is 0.471. The molecule has 0 aliphatic carbocycles. The molecule has 9 nitrogen and oxygen atoms in total. The van der Waals surface area contributed by atoms with Gasteiger partial charge in [0.1, 0.15) is 12.4 Å². The van der Waals surface area contributed by atoms with Crippen LogP contribution in [0.2, 0.25) is 0 Å². The van der Waals surface area contributed by atoms with Crippen molar-refractivity contribution in [1.82, 2.24) is 28.9 Å². The number of carbonyl (C=O) groups excluding carboxylic acids is 1. The topological polar surface area (TPSA) is 97.5 Å². The number of rotatable bonds is 4. The van der Waals surface area contributed by atoms with E-state index < -0.39 is 0 Å². The quantitative estimate of drug-likeness (QED) is 0.642. The number of nitrogens with zero attached hydrogens (tertiary/aromatic N) is 6. The molecule has 0 unspecified atom stereocenters. The summed E-state index contributed by atoms with van der Waals surface area (Å²) in [5.41, 5.74) is 1.83. The van der Waals surface area contributed by atoms with Crippen molar-refractivity contribution in [2.24, 2.45) is 0 Å². The van der Waals surface area contributed by atoms with Crippen molar-refractivity contribution >= 4 is 40.1 Å². The molecule has 1 aliphatic rings. The summed E-state index contributed by atoms with van der Waals surface area (Å²) in [6.45, 7) is 9.54. The number of hydrogen-bond donors (Lipinski definition) is 1. The van der Waals surface area contributed by atoms with Crippen LogP contribution in [0.15, 0.2) is 22.8 Å². The van der Waals surface area contributed by atoms with E-state index in [1.54, 1.807) is 22.7 Å². The Balaban J connectivity index is 0.00000109. The van der Waals surface area contributed by atoms with Gasteiger partial charge in [-0.05, 0) is 24.9 Å². The predicted octanol–water partition coefficient (Wildman–Crippen LogP) is 2.95. The molecule has 1 fully saturated rings. The number of amides is 1. The molecule has 28 heavy (non-hydrogen) atoms. The molecular weight excluding hydrogens is 398 g/mol. The molecule has 1 atom stereocenters. The maximum Gasteiger partial charge on any atom is 0.252 e. The van der Waals surface area contributed by atoms with Gasteiger partial charge in [0.25, 0.3) is 5.78 Å². The van der Waals surface area contributed by atoms with Crippen LogP contribution in [0.5, 0.6) is 0 Å². The average molecular weight is 422 g/mol. The Kier molecular flexibility index (Phi) is 6.94. The summed E-state index contributed by atoms with van der Waals surface area (Å²) in [7, 11) is 0. The van der Waals surface area contributed by atoms with E-state index >= 15 is 0 Å². The van der Waals surface area contributed by atoms with Crippen LogP contribution >= 0.6 is 23.3 Å². The number of carbonyl (C=O) groups is 1. The Labute approximate surface area is 171 Å². The second-order valence-electron chi connectivity index (χ2n) is 5.80. The van der Waals surface area contributed by atoms with E-state index in [4.69, 9.17) is 4.74 Å². The van der Waals surface area contributed by atoms with Crippen LogP contribution < -0.4 is 5.32 Å². The largest absolute Gasteiger partial charge is 0.369 e. The van der Waals surface area contributed by atoms with Crippen LogP contribution in [0.4, 0.5) is 5.13 Å². The van der Waals surface area contributed by atoms with Crippen LogP contribution in [-0.2, 0) is 9.53 Å². The van der Waals surface area contributed by atoms with E-state index in [1.807, 2.05) is 26.8 Å². The minimum Gasteiger partial charge on any atom is -0.369 e. The minimum atomic E-state index is -0.120.